The lowest BCUT2D eigenvalue weighted by Gasteiger charge is -2.24. The molecule has 0 atom stereocenters. The molecule has 1 aliphatic carbocycles. The third kappa shape index (κ3) is 5.11. The Morgan fingerprint density at radius 1 is 1.00 bits per heavy atom. The molecule has 1 heterocycles. The van der Waals surface area contributed by atoms with Gasteiger partial charge in [0.25, 0.3) is 0 Å². The number of halogens is 3. The topological polar surface area (TPSA) is 49.8 Å². The quantitative estimate of drug-likeness (QED) is 0.724. The summed E-state index contributed by atoms with van der Waals surface area (Å²) in [6.45, 7) is 4.30. The van der Waals surface area contributed by atoms with Crippen LogP contribution in [0.2, 0.25) is 0 Å². The van der Waals surface area contributed by atoms with E-state index in [1.54, 1.807) is 0 Å². The first-order valence-corrected chi connectivity index (χ1v) is 9.35. The molecule has 0 spiro atoms. The second kappa shape index (κ2) is 8.15. The fourth-order valence-electron chi connectivity index (χ4n) is 3.28. The van der Waals surface area contributed by atoms with Gasteiger partial charge in [-0.25, -0.2) is 4.98 Å². The van der Waals surface area contributed by atoms with Crippen molar-refractivity contribution in [3.8, 4) is 0 Å². The van der Waals surface area contributed by atoms with Crippen LogP contribution in [0, 0.1) is 13.8 Å². The number of hydrogen-bond donors (Lipinski definition) is 2. The average molecular weight is 378 g/mol. The number of anilines is 2. The summed E-state index contributed by atoms with van der Waals surface area (Å²) in [7, 11) is 0. The van der Waals surface area contributed by atoms with Crippen LogP contribution >= 0.6 is 0 Å². The number of alkyl halides is 3. The van der Waals surface area contributed by atoms with Gasteiger partial charge in [0.1, 0.15) is 5.82 Å². The Hall–Kier alpha value is -2.31. The highest BCUT2D eigenvalue weighted by atomic mass is 19.4. The van der Waals surface area contributed by atoms with Crippen LogP contribution in [0.5, 0.6) is 0 Å². The predicted octanol–water partition coefficient (Wildman–Crippen LogP) is 5.47. The summed E-state index contributed by atoms with van der Waals surface area (Å²) in [4.78, 5) is 9.04. The highest BCUT2D eigenvalue weighted by Gasteiger charge is 2.29. The SMILES string of the molecule is Cc1nc(NCc2ccc(C(F)(F)F)cc2)nc(NC2CCCCC2)c1C. The summed E-state index contributed by atoms with van der Waals surface area (Å²) < 4.78 is 37.9. The molecule has 1 aliphatic rings. The number of hydrogen-bond acceptors (Lipinski definition) is 4. The van der Waals surface area contributed by atoms with E-state index >= 15 is 0 Å². The molecule has 2 aromatic rings. The van der Waals surface area contributed by atoms with E-state index < -0.39 is 11.7 Å². The van der Waals surface area contributed by atoms with Crippen LogP contribution in [0.3, 0.4) is 0 Å². The third-order valence-electron chi connectivity index (χ3n) is 5.07. The van der Waals surface area contributed by atoms with Gasteiger partial charge in [-0.15, -0.1) is 0 Å². The van der Waals surface area contributed by atoms with E-state index in [0.717, 1.165) is 47.6 Å². The fourth-order valence-corrected chi connectivity index (χ4v) is 3.28. The number of aromatic nitrogens is 2. The number of rotatable bonds is 5. The van der Waals surface area contributed by atoms with Crippen molar-refractivity contribution in [3.63, 3.8) is 0 Å². The van der Waals surface area contributed by atoms with Gasteiger partial charge in [0.15, 0.2) is 0 Å². The van der Waals surface area contributed by atoms with Crippen molar-refractivity contribution in [2.24, 2.45) is 0 Å². The highest BCUT2D eigenvalue weighted by Crippen LogP contribution is 2.29. The molecule has 1 saturated carbocycles. The van der Waals surface area contributed by atoms with E-state index in [1.165, 1.54) is 31.4 Å². The van der Waals surface area contributed by atoms with Crippen molar-refractivity contribution < 1.29 is 13.2 Å². The minimum absolute atomic E-state index is 0.365. The van der Waals surface area contributed by atoms with E-state index in [-0.39, 0.29) is 0 Å². The molecule has 146 valence electrons. The first-order chi connectivity index (χ1) is 12.8. The standard InChI is InChI=1S/C20H25F3N4/c1-13-14(2)25-19(27-18(13)26-17-6-4-3-5-7-17)24-12-15-8-10-16(11-9-15)20(21,22)23/h8-11,17H,3-7,12H2,1-2H3,(H2,24,25,26,27). The Morgan fingerprint density at radius 3 is 2.30 bits per heavy atom. The first kappa shape index (κ1) is 19.5. The van der Waals surface area contributed by atoms with Gasteiger partial charge >= 0.3 is 6.18 Å². The Balaban J connectivity index is 1.67. The number of nitrogens with one attached hydrogen (secondary N) is 2. The molecule has 0 aliphatic heterocycles. The van der Waals surface area contributed by atoms with Gasteiger partial charge in [-0.05, 0) is 44.4 Å². The van der Waals surface area contributed by atoms with E-state index in [1.807, 2.05) is 13.8 Å². The van der Waals surface area contributed by atoms with Crippen LogP contribution in [0.1, 0.15) is 54.5 Å². The molecule has 7 heteroatoms. The van der Waals surface area contributed by atoms with E-state index in [0.29, 0.717) is 18.5 Å². The summed E-state index contributed by atoms with van der Waals surface area (Å²) in [5.41, 5.74) is 2.01. The maximum atomic E-state index is 12.6. The largest absolute Gasteiger partial charge is 0.416 e. The van der Waals surface area contributed by atoms with Gasteiger partial charge < -0.3 is 10.6 Å². The van der Waals surface area contributed by atoms with Crippen LogP contribution in [0.15, 0.2) is 24.3 Å². The molecule has 1 aromatic heterocycles. The van der Waals surface area contributed by atoms with E-state index in [9.17, 15) is 13.2 Å². The summed E-state index contributed by atoms with van der Waals surface area (Å²) in [6.07, 6.45) is 1.75. The van der Waals surface area contributed by atoms with Gasteiger partial charge in [0.2, 0.25) is 5.95 Å². The van der Waals surface area contributed by atoms with Crippen molar-refractivity contribution in [2.75, 3.05) is 10.6 Å². The summed E-state index contributed by atoms with van der Waals surface area (Å²) in [5, 5.41) is 6.66. The molecule has 3 rings (SSSR count). The average Bonchev–Trinajstić information content (AvgIpc) is 2.64. The maximum absolute atomic E-state index is 12.6. The zero-order valence-electron chi connectivity index (χ0n) is 15.7. The lowest BCUT2D eigenvalue weighted by atomic mass is 9.95. The zero-order chi connectivity index (χ0) is 19.4. The molecular weight excluding hydrogens is 353 g/mol. The number of benzene rings is 1. The van der Waals surface area contributed by atoms with Gasteiger partial charge in [0, 0.05) is 23.8 Å². The third-order valence-corrected chi connectivity index (χ3v) is 5.07. The highest BCUT2D eigenvalue weighted by molar-refractivity contribution is 5.50. The van der Waals surface area contributed by atoms with Crippen molar-refractivity contribution in [1.29, 1.82) is 0 Å². The van der Waals surface area contributed by atoms with Crippen LogP contribution in [0.25, 0.3) is 0 Å². The second-order valence-electron chi connectivity index (χ2n) is 7.13. The van der Waals surface area contributed by atoms with Crippen LogP contribution in [-0.2, 0) is 12.7 Å². The molecule has 0 amide bonds. The zero-order valence-corrected chi connectivity index (χ0v) is 15.7. The summed E-state index contributed by atoms with van der Waals surface area (Å²) >= 11 is 0. The Kier molecular flexibility index (Phi) is 5.87. The van der Waals surface area contributed by atoms with Gasteiger partial charge in [-0.3, -0.25) is 0 Å². The second-order valence-corrected chi connectivity index (χ2v) is 7.13. The monoisotopic (exact) mass is 378 g/mol. The van der Waals surface area contributed by atoms with Gasteiger partial charge in [0.05, 0.1) is 5.56 Å². The van der Waals surface area contributed by atoms with Crippen LogP contribution in [0.4, 0.5) is 24.9 Å². The molecule has 0 saturated heterocycles. The molecule has 1 fully saturated rings. The van der Waals surface area contributed by atoms with Crippen molar-refractivity contribution in [2.45, 2.75) is 64.7 Å². The molecule has 4 nitrogen and oxygen atoms in total. The van der Waals surface area contributed by atoms with Gasteiger partial charge in [-0.1, -0.05) is 31.4 Å². The molecular formula is C20H25F3N4. The minimum atomic E-state index is -4.32. The van der Waals surface area contributed by atoms with Crippen LogP contribution in [-0.4, -0.2) is 16.0 Å². The number of nitrogens with zero attached hydrogens (tertiary/aromatic N) is 2. The Morgan fingerprint density at radius 2 is 1.67 bits per heavy atom. The van der Waals surface area contributed by atoms with E-state index in [4.69, 9.17) is 0 Å². The molecule has 1 aromatic carbocycles. The first-order valence-electron chi connectivity index (χ1n) is 9.35. The normalized spacial score (nSPS) is 15.6. The lowest BCUT2D eigenvalue weighted by molar-refractivity contribution is -0.137. The number of aryl methyl sites for hydroxylation is 1. The van der Waals surface area contributed by atoms with Crippen molar-refractivity contribution in [3.05, 3.63) is 46.6 Å². The smallest absolute Gasteiger partial charge is 0.367 e. The van der Waals surface area contributed by atoms with Gasteiger partial charge in [-0.2, -0.15) is 18.2 Å². The van der Waals surface area contributed by atoms with Crippen LogP contribution < -0.4 is 10.6 Å². The Labute approximate surface area is 157 Å². The lowest BCUT2D eigenvalue weighted by Crippen LogP contribution is -2.24. The fraction of sp³-hybridized carbons (Fsp3) is 0.500. The summed E-state index contributed by atoms with van der Waals surface area (Å²) in [5.74, 6) is 1.32. The van der Waals surface area contributed by atoms with Crippen molar-refractivity contribution in [1.82, 2.24) is 9.97 Å². The Bertz CT molecular complexity index is 766. The molecule has 0 radical (unpaired) electrons. The molecule has 2 N–H and O–H groups in total. The molecule has 0 unspecified atom stereocenters. The maximum Gasteiger partial charge on any atom is 0.416 e. The molecule has 27 heavy (non-hydrogen) atoms. The predicted molar refractivity (Wildman–Crippen MR) is 101 cm³/mol. The summed E-state index contributed by atoms with van der Waals surface area (Å²) in [6, 6.07) is 5.56. The molecule has 0 bridgehead atoms. The minimum Gasteiger partial charge on any atom is -0.367 e. The van der Waals surface area contributed by atoms with E-state index in [2.05, 4.69) is 20.6 Å². The van der Waals surface area contributed by atoms with Crippen molar-refractivity contribution >= 4 is 11.8 Å².